The first-order valence-corrected chi connectivity index (χ1v) is 9.65. The Balaban J connectivity index is 3.67. The summed E-state index contributed by atoms with van der Waals surface area (Å²) in [5, 5.41) is 0. The highest BCUT2D eigenvalue weighted by molar-refractivity contribution is 5.07. The first-order valence-electron chi connectivity index (χ1n) is 9.65. The van der Waals surface area contributed by atoms with Crippen molar-refractivity contribution in [2.24, 2.45) is 0 Å². The Kier molecular flexibility index (Phi) is 6.32. The minimum Gasteiger partial charge on any atom is -0.303 e. The molecule has 0 amide bonds. The summed E-state index contributed by atoms with van der Waals surface area (Å²) in [6, 6.07) is 0.780. The molecule has 1 atom stereocenters. The van der Waals surface area contributed by atoms with Crippen LogP contribution in [0.25, 0.3) is 0 Å². The Morgan fingerprint density at radius 3 is 1.48 bits per heavy atom. The molecule has 2 nitrogen and oxygen atoms in total. The monoisotopic (exact) mass is 297 g/mol. The highest BCUT2D eigenvalue weighted by atomic mass is 15.6. The first kappa shape index (κ1) is 19.0. The third-order valence-electron chi connectivity index (χ3n) is 7.27. The van der Waals surface area contributed by atoms with Gasteiger partial charge in [-0.05, 0) is 33.1 Å². The van der Waals surface area contributed by atoms with Crippen molar-refractivity contribution in [1.82, 2.24) is 4.90 Å². The molecule has 1 saturated heterocycles. The lowest BCUT2D eigenvalue weighted by atomic mass is 9.81. The molecule has 1 rings (SSSR count). The van der Waals surface area contributed by atoms with Crippen LogP contribution in [0.1, 0.15) is 87.5 Å². The maximum Gasteiger partial charge on any atom is 0.155 e. The van der Waals surface area contributed by atoms with Gasteiger partial charge in [-0.2, -0.15) is 0 Å². The summed E-state index contributed by atoms with van der Waals surface area (Å²) in [5.41, 5.74) is 0.729. The van der Waals surface area contributed by atoms with Gasteiger partial charge < -0.3 is 4.48 Å². The van der Waals surface area contributed by atoms with Crippen molar-refractivity contribution in [3.05, 3.63) is 0 Å². The number of nitrogens with zero attached hydrogens (tertiary/aromatic N) is 2. The number of rotatable bonds is 8. The van der Waals surface area contributed by atoms with Crippen molar-refractivity contribution >= 4 is 0 Å². The molecule has 1 aliphatic rings. The summed E-state index contributed by atoms with van der Waals surface area (Å²) in [4.78, 5) is 2.95. The van der Waals surface area contributed by atoms with Gasteiger partial charge in [0.05, 0.1) is 18.6 Å². The van der Waals surface area contributed by atoms with E-state index < -0.39 is 0 Å². The standard InChI is InChI=1S/C19H41N2/c1-9-17-18(10-2,11-3)20(14-6)19(12-4,13-5)21(17,15-7)16-8/h17H,9-16H2,1-8H3/q+1. The Morgan fingerprint density at radius 1 is 0.762 bits per heavy atom. The zero-order valence-corrected chi connectivity index (χ0v) is 16.1. The molecule has 1 heterocycles. The van der Waals surface area contributed by atoms with Gasteiger partial charge in [-0.15, -0.1) is 0 Å². The average Bonchev–Trinajstić information content (AvgIpc) is 2.76. The molecule has 1 aliphatic heterocycles. The first-order chi connectivity index (χ1) is 10.00. The summed E-state index contributed by atoms with van der Waals surface area (Å²) in [5.74, 6) is 0. The van der Waals surface area contributed by atoms with E-state index in [0.29, 0.717) is 11.2 Å². The number of hydrogen-bond donors (Lipinski definition) is 0. The maximum absolute atomic E-state index is 2.95. The quantitative estimate of drug-likeness (QED) is 0.568. The fraction of sp³-hybridized carbons (Fsp3) is 1.00. The van der Waals surface area contributed by atoms with Crippen LogP contribution in [0.2, 0.25) is 0 Å². The summed E-state index contributed by atoms with van der Waals surface area (Å²) >= 11 is 0. The molecule has 1 unspecified atom stereocenters. The Bertz CT molecular complexity index is 284. The normalized spacial score (nSPS) is 27.1. The van der Waals surface area contributed by atoms with Gasteiger partial charge in [0.1, 0.15) is 6.04 Å². The van der Waals surface area contributed by atoms with Crippen LogP contribution in [0.5, 0.6) is 0 Å². The van der Waals surface area contributed by atoms with Crippen LogP contribution in [-0.2, 0) is 0 Å². The Morgan fingerprint density at radius 2 is 1.24 bits per heavy atom. The fourth-order valence-corrected chi connectivity index (χ4v) is 6.54. The SMILES string of the molecule is CCC1C(CC)(CC)N(CC)C(CC)(CC)[N+]1(CC)CC. The number of hydrogen-bond acceptors (Lipinski definition) is 1. The molecule has 0 aromatic rings. The van der Waals surface area contributed by atoms with Crippen molar-refractivity contribution in [1.29, 1.82) is 0 Å². The van der Waals surface area contributed by atoms with Gasteiger partial charge in [-0.25, -0.2) is 4.90 Å². The van der Waals surface area contributed by atoms with Gasteiger partial charge in [-0.1, -0.05) is 41.5 Å². The second-order valence-electron chi connectivity index (χ2n) is 6.84. The van der Waals surface area contributed by atoms with Gasteiger partial charge >= 0.3 is 0 Å². The molecule has 0 saturated carbocycles. The summed E-state index contributed by atoms with van der Waals surface area (Å²) in [7, 11) is 0. The molecular weight excluding hydrogens is 256 g/mol. The van der Waals surface area contributed by atoms with E-state index in [1.54, 1.807) is 0 Å². The smallest absolute Gasteiger partial charge is 0.155 e. The van der Waals surface area contributed by atoms with Gasteiger partial charge in [0.2, 0.25) is 0 Å². The predicted octanol–water partition coefficient (Wildman–Crippen LogP) is 5.03. The second kappa shape index (κ2) is 7.00. The van der Waals surface area contributed by atoms with Crippen molar-refractivity contribution in [3.8, 4) is 0 Å². The van der Waals surface area contributed by atoms with E-state index >= 15 is 0 Å². The third-order valence-corrected chi connectivity index (χ3v) is 7.27. The van der Waals surface area contributed by atoms with E-state index in [4.69, 9.17) is 0 Å². The third kappa shape index (κ3) is 2.12. The summed E-state index contributed by atoms with van der Waals surface area (Å²) in [6.07, 6.45) is 6.44. The topological polar surface area (TPSA) is 3.24 Å². The number of quaternary nitrogens is 1. The van der Waals surface area contributed by atoms with Gasteiger partial charge in [0.25, 0.3) is 0 Å². The van der Waals surface area contributed by atoms with Crippen molar-refractivity contribution in [2.45, 2.75) is 105 Å². The van der Waals surface area contributed by atoms with Crippen LogP contribution in [0, 0.1) is 0 Å². The number of likely N-dealkylation sites (N-methyl/N-ethyl adjacent to an activating group) is 2. The van der Waals surface area contributed by atoms with Crippen LogP contribution >= 0.6 is 0 Å². The highest BCUT2D eigenvalue weighted by Crippen LogP contribution is 2.54. The second-order valence-corrected chi connectivity index (χ2v) is 6.84. The van der Waals surface area contributed by atoms with Crippen LogP contribution in [0.4, 0.5) is 0 Å². The summed E-state index contributed by atoms with van der Waals surface area (Å²) < 4.78 is 1.31. The van der Waals surface area contributed by atoms with E-state index in [2.05, 4.69) is 60.3 Å². The molecule has 21 heavy (non-hydrogen) atoms. The van der Waals surface area contributed by atoms with E-state index in [0.717, 1.165) is 6.04 Å². The van der Waals surface area contributed by atoms with E-state index in [1.165, 1.54) is 56.2 Å². The van der Waals surface area contributed by atoms with Crippen molar-refractivity contribution < 1.29 is 4.48 Å². The zero-order valence-electron chi connectivity index (χ0n) is 16.1. The summed E-state index contributed by atoms with van der Waals surface area (Å²) in [6.45, 7) is 23.1. The molecule has 0 radical (unpaired) electrons. The van der Waals surface area contributed by atoms with Crippen LogP contribution < -0.4 is 0 Å². The van der Waals surface area contributed by atoms with Crippen LogP contribution in [0.3, 0.4) is 0 Å². The van der Waals surface area contributed by atoms with E-state index in [1.807, 2.05) is 0 Å². The van der Waals surface area contributed by atoms with Gasteiger partial charge in [0, 0.05) is 19.4 Å². The lowest BCUT2D eigenvalue weighted by molar-refractivity contribution is -0.989. The van der Waals surface area contributed by atoms with E-state index in [-0.39, 0.29) is 0 Å². The van der Waals surface area contributed by atoms with Gasteiger partial charge in [-0.3, -0.25) is 0 Å². The fourth-order valence-electron chi connectivity index (χ4n) is 6.54. The van der Waals surface area contributed by atoms with Crippen molar-refractivity contribution in [2.75, 3.05) is 19.6 Å². The maximum atomic E-state index is 2.95. The van der Waals surface area contributed by atoms with Crippen LogP contribution in [0.15, 0.2) is 0 Å². The molecule has 126 valence electrons. The van der Waals surface area contributed by atoms with Gasteiger partial charge in [0.15, 0.2) is 5.66 Å². The minimum absolute atomic E-state index is 0.338. The van der Waals surface area contributed by atoms with Crippen LogP contribution in [-0.4, -0.2) is 46.3 Å². The molecule has 0 N–H and O–H groups in total. The minimum atomic E-state index is 0.338. The highest BCUT2D eigenvalue weighted by Gasteiger charge is 2.69. The lowest BCUT2D eigenvalue weighted by Crippen LogP contribution is -2.67. The Labute approximate surface area is 134 Å². The molecule has 2 heteroatoms. The van der Waals surface area contributed by atoms with E-state index in [9.17, 15) is 0 Å². The molecule has 0 aromatic heterocycles. The zero-order chi connectivity index (χ0) is 16.3. The molecule has 0 bridgehead atoms. The molecule has 0 aliphatic carbocycles. The average molecular weight is 298 g/mol. The molecule has 0 aromatic carbocycles. The Hall–Kier alpha value is -0.0800. The lowest BCUT2D eigenvalue weighted by Gasteiger charge is -2.52. The molecular formula is C19H41N2+. The largest absolute Gasteiger partial charge is 0.303 e. The molecule has 1 fully saturated rings. The predicted molar refractivity (Wildman–Crippen MR) is 94.4 cm³/mol. The molecule has 0 spiro atoms. The van der Waals surface area contributed by atoms with Crippen molar-refractivity contribution in [3.63, 3.8) is 0 Å².